The summed E-state index contributed by atoms with van der Waals surface area (Å²) < 4.78 is 35.5. The highest BCUT2D eigenvalue weighted by molar-refractivity contribution is 7.91. The highest BCUT2D eigenvalue weighted by Gasteiger charge is 2.43. The molecule has 3 aromatic carbocycles. The van der Waals surface area contributed by atoms with E-state index in [1.165, 1.54) is 0 Å². The van der Waals surface area contributed by atoms with Crippen LogP contribution in [0.2, 0.25) is 10.0 Å². The lowest BCUT2D eigenvalue weighted by Crippen LogP contribution is -2.51. The number of halogens is 2. The zero-order valence-electron chi connectivity index (χ0n) is 18.6. The molecule has 0 amide bonds. The summed E-state index contributed by atoms with van der Waals surface area (Å²) in [5.74, 6) is 0.754. The lowest BCUT2D eigenvalue weighted by atomic mass is 9.91. The number of carbonyl (C=O) groups excluding carboxylic acids is 1. The van der Waals surface area contributed by atoms with Crippen molar-refractivity contribution < 1.29 is 22.7 Å². The molecule has 0 N–H and O–H groups in total. The second-order valence-electron chi connectivity index (χ2n) is 8.30. The van der Waals surface area contributed by atoms with Crippen molar-refractivity contribution in [3.8, 4) is 5.75 Å². The van der Waals surface area contributed by atoms with Gasteiger partial charge in [-0.2, -0.15) is 0 Å². The lowest BCUT2D eigenvalue weighted by molar-refractivity contribution is -0.167. The summed E-state index contributed by atoms with van der Waals surface area (Å²) in [4.78, 5) is 12.8. The topological polar surface area (TPSA) is 69.7 Å². The van der Waals surface area contributed by atoms with Crippen molar-refractivity contribution in [3.63, 3.8) is 0 Å². The second kappa shape index (κ2) is 10.1. The monoisotopic (exact) mass is 518 g/mol. The van der Waals surface area contributed by atoms with Crippen LogP contribution in [-0.2, 0) is 37.8 Å². The number of hydrogen-bond acceptors (Lipinski definition) is 5. The van der Waals surface area contributed by atoms with Gasteiger partial charge in [0.25, 0.3) is 0 Å². The van der Waals surface area contributed by atoms with Gasteiger partial charge in [-0.3, -0.25) is 4.79 Å². The van der Waals surface area contributed by atoms with Crippen molar-refractivity contribution in [3.05, 3.63) is 93.5 Å². The summed E-state index contributed by atoms with van der Waals surface area (Å²) in [6.45, 7) is 2.42. The van der Waals surface area contributed by atoms with E-state index in [1.54, 1.807) is 43.3 Å². The third-order valence-electron chi connectivity index (χ3n) is 5.82. The Morgan fingerprint density at radius 1 is 0.912 bits per heavy atom. The average Bonchev–Trinajstić information content (AvgIpc) is 2.79. The molecule has 8 heteroatoms. The smallest absolute Gasteiger partial charge is 0.180 e. The van der Waals surface area contributed by atoms with Gasteiger partial charge < -0.3 is 9.47 Å². The van der Waals surface area contributed by atoms with Crippen LogP contribution in [0.3, 0.4) is 0 Å². The Morgan fingerprint density at radius 3 is 2.00 bits per heavy atom. The van der Waals surface area contributed by atoms with Crippen molar-refractivity contribution >= 4 is 38.8 Å². The molecule has 1 saturated heterocycles. The molecule has 0 aliphatic carbocycles. The lowest BCUT2D eigenvalue weighted by Gasteiger charge is -2.41. The van der Waals surface area contributed by atoms with E-state index in [2.05, 4.69) is 0 Å². The summed E-state index contributed by atoms with van der Waals surface area (Å²) in [6, 6.07) is 19.3. The Balaban J connectivity index is 1.38. The Bertz CT molecular complexity index is 1280. The molecular formula is C26H24Cl2O5S. The summed E-state index contributed by atoms with van der Waals surface area (Å²) in [5.41, 5.74) is 1.93. The van der Waals surface area contributed by atoms with Crippen LogP contribution < -0.4 is 4.74 Å². The van der Waals surface area contributed by atoms with Crippen LogP contribution in [0.15, 0.2) is 71.6 Å². The Labute approximate surface area is 209 Å². The predicted octanol–water partition coefficient (Wildman–Crippen LogP) is 5.45. The highest BCUT2D eigenvalue weighted by atomic mass is 35.5. The molecule has 178 valence electrons. The molecule has 0 spiro atoms. The Kier molecular flexibility index (Phi) is 7.33. The van der Waals surface area contributed by atoms with Crippen molar-refractivity contribution in [2.75, 3.05) is 19.0 Å². The number of ketones is 1. The molecule has 5 nitrogen and oxygen atoms in total. The van der Waals surface area contributed by atoms with E-state index in [4.69, 9.17) is 32.7 Å². The number of ether oxygens (including phenoxy) is 2. The first-order valence-electron chi connectivity index (χ1n) is 10.9. The average molecular weight is 519 g/mol. The summed E-state index contributed by atoms with van der Waals surface area (Å²) in [6.07, 6.45) is 0.513. The van der Waals surface area contributed by atoms with Gasteiger partial charge >= 0.3 is 0 Å². The van der Waals surface area contributed by atoms with E-state index in [1.807, 2.05) is 30.3 Å². The molecule has 0 unspecified atom stereocenters. The van der Waals surface area contributed by atoms with Crippen LogP contribution in [-0.4, -0.2) is 33.2 Å². The minimum Gasteiger partial charge on any atom is -0.478 e. The summed E-state index contributed by atoms with van der Waals surface area (Å²) >= 11 is 12.2. The second-order valence-corrected chi connectivity index (χ2v) is 11.4. The van der Waals surface area contributed by atoms with Crippen LogP contribution in [0.1, 0.15) is 23.6 Å². The standard InChI is InChI=1S/C26H24Cl2O5S/c1-2-34(30,31)23-10-5-19(6-11-23)14-21(29)13-18-3-8-22(9-4-18)33-26(16-32-17-26)20-7-12-24(27)25(28)15-20/h3-12,15H,2,13-14,16-17H2,1H3. The van der Waals surface area contributed by atoms with E-state index >= 15 is 0 Å². The molecule has 0 bridgehead atoms. The van der Waals surface area contributed by atoms with Gasteiger partial charge in [0.2, 0.25) is 0 Å². The fourth-order valence-corrected chi connectivity index (χ4v) is 4.93. The molecule has 1 fully saturated rings. The van der Waals surface area contributed by atoms with E-state index in [-0.39, 0.29) is 29.3 Å². The van der Waals surface area contributed by atoms with Crippen LogP contribution >= 0.6 is 23.2 Å². The van der Waals surface area contributed by atoms with E-state index < -0.39 is 15.4 Å². The molecule has 0 atom stereocenters. The quantitative estimate of drug-likeness (QED) is 0.376. The minimum absolute atomic E-state index is 0.0411. The first-order chi connectivity index (χ1) is 16.2. The fourth-order valence-electron chi connectivity index (χ4n) is 3.75. The molecule has 0 aromatic heterocycles. The molecule has 1 aliphatic rings. The van der Waals surface area contributed by atoms with Crippen LogP contribution in [0, 0.1) is 0 Å². The third kappa shape index (κ3) is 5.47. The number of hydrogen-bond donors (Lipinski definition) is 0. The summed E-state index contributed by atoms with van der Waals surface area (Å²) in [5, 5.41) is 0.946. The van der Waals surface area contributed by atoms with Gasteiger partial charge in [-0.05, 0) is 47.5 Å². The van der Waals surface area contributed by atoms with Gasteiger partial charge in [-0.15, -0.1) is 0 Å². The number of carbonyl (C=O) groups is 1. The maximum Gasteiger partial charge on any atom is 0.180 e. The van der Waals surface area contributed by atoms with Crippen molar-refractivity contribution in [1.29, 1.82) is 0 Å². The van der Waals surface area contributed by atoms with E-state index in [0.29, 0.717) is 29.0 Å². The maximum absolute atomic E-state index is 12.5. The number of Topliss-reactive ketones (excluding diaryl/α,β-unsaturated/α-hetero) is 1. The first kappa shape index (κ1) is 24.7. The zero-order chi connectivity index (χ0) is 24.3. The molecule has 0 saturated carbocycles. The van der Waals surface area contributed by atoms with Crippen molar-refractivity contribution in [2.45, 2.75) is 30.3 Å². The van der Waals surface area contributed by atoms with Crippen LogP contribution in [0.25, 0.3) is 0 Å². The normalized spacial score (nSPS) is 14.9. The van der Waals surface area contributed by atoms with E-state index in [0.717, 1.165) is 16.7 Å². The number of benzene rings is 3. The zero-order valence-corrected chi connectivity index (χ0v) is 20.9. The SMILES string of the molecule is CCS(=O)(=O)c1ccc(CC(=O)Cc2ccc(OC3(c4ccc(Cl)c(Cl)c4)COC3)cc2)cc1. The fraction of sp³-hybridized carbons (Fsp3) is 0.269. The maximum atomic E-state index is 12.5. The van der Waals surface area contributed by atoms with Crippen LogP contribution in [0.5, 0.6) is 5.75 Å². The molecule has 1 aliphatic heterocycles. The predicted molar refractivity (Wildman–Crippen MR) is 133 cm³/mol. The Hall–Kier alpha value is -2.38. The van der Waals surface area contributed by atoms with Crippen LogP contribution in [0.4, 0.5) is 0 Å². The van der Waals surface area contributed by atoms with Gasteiger partial charge in [0.15, 0.2) is 15.4 Å². The Morgan fingerprint density at radius 2 is 1.50 bits per heavy atom. The number of rotatable bonds is 9. The molecule has 1 heterocycles. The molecular weight excluding hydrogens is 495 g/mol. The van der Waals surface area contributed by atoms with Gasteiger partial charge in [0.1, 0.15) is 11.5 Å². The van der Waals surface area contributed by atoms with Gasteiger partial charge in [0.05, 0.1) is 33.9 Å². The van der Waals surface area contributed by atoms with Crippen molar-refractivity contribution in [1.82, 2.24) is 0 Å². The summed E-state index contributed by atoms with van der Waals surface area (Å²) in [7, 11) is -3.25. The largest absolute Gasteiger partial charge is 0.478 e. The van der Waals surface area contributed by atoms with Gasteiger partial charge in [-0.1, -0.05) is 60.5 Å². The molecule has 0 radical (unpaired) electrons. The first-order valence-corrected chi connectivity index (χ1v) is 13.3. The number of sulfone groups is 1. The highest BCUT2D eigenvalue weighted by Crippen LogP contribution is 2.37. The molecule has 34 heavy (non-hydrogen) atoms. The van der Waals surface area contributed by atoms with Gasteiger partial charge in [-0.25, -0.2) is 8.42 Å². The van der Waals surface area contributed by atoms with Crippen molar-refractivity contribution in [2.24, 2.45) is 0 Å². The minimum atomic E-state index is -3.25. The van der Waals surface area contributed by atoms with E-state index in [9.17, 15) is 13.2 Å². The molecule has 3 aromatic rings. The van der Waals surface area contributed by atoms with Gasteiger partial charge in [0, 0.05) is 18.4 Å². The molecule has 4 rings (SSSR count). The third-order valence-corrected chi connectivity index (χ3v) is 8.31.